The third kappa shape index (κ3) is 3.57. The van der Waals surface area contributed by atoms with Gasteiger partial charge in [0.05, 0.1) is 6.42 Å². The van der Waals surface area contributed by atoms with Gasteiger partial charge in [-0.3, -0.25) is 4.79 Å². The summed E-state index contributed by atoms with van der Waals surface area (Å²) in [5.41, 5.74) is 2.56. The van der Waals surface area contributed by atoms with Crippen LogP contribution in [0.3, 0.4) is 0 Å². The van der Waals surface area contributed by atoms with Crippen LogP contribution < -0.4 is 5.32 Å². The number of carbonyl (C=O) groups excluding carboxylic acids is 1. The normalized spacial score (nSPS) is 12.2. The highest BCUT2D eigenvalue weighted by Crippen LogP contribution is 2.20. The van der Waals surface area contributed by atoms with Crippen LogP contribution in [0, 0.1) is 5.82 Å². The molecule has 1 atom stereocenters. The number of para-hydroxylation sites is 1. The predicted octanol–water partition coefficient (Wildman–Crippen LogP) is 3.78. The molecule has 4 aromatic rings. The molecule has 2 aromatic heterocycles. The lowest BCUT2D eigenvalue weighted by Gasteiger charge is -2.09. The van der Waals surface area contributed by atoms with E-state index in [1.54, 1.807) is 19.1 Å². The number of hydrogen-bond acceptors (Lipinski definition) is 4. The van der Waals surface area contributed by atoms with Gasteiger partial charge in [0.25, 0.3) is 0 Å². The fourth-order valence-electron chi connectivity index (χ4n) is 2.93. The first-order valence-corrected chi connectivity index (χ1v) is 8.54. The molecule has 2 aromatic carbocycles. The number of halogens is 1. The average Bonchev–Trinajstić information content (AvgIpc) is 3.30. The number of nitrogens with zero attached hydrogens (tertiary/aromatic N) is 2. The van der Waals surface area contributed by atoms with E-state index >= 15 is 0 Å². The molecule has 2 heterocycles. The summed E-state index contributed by atoms with van der Waals surface area (Å²) in [6.07, 6.45) is 2.08. The maximum Gasteiger partial charge on any atom is 0.249 e. The van der Waals surface area contributed by atoms with Crippen molar-refractivity contribution in [1.82, 2.24) is 20.4 Å². The second kappa shape index (κ2) is 7.03. The van der Waals surface area contributed by atoms with Crippen molar-refractivity contribution < 1.29 is 13.7 Å². The summed E-state index contributed by atoms with van der Waals surface area (Å²) in [5.74, 6) is 0.165. The number of amides is 1. The van der Waals surface area contributed by atoms with E-state index in [0.29, 0.717) is 17.3 Å². The molecule has 0 aliphatic carbocycles. The van der Waals surface area contributed by atoms with Crippen molar-refractivity contribution >= 4 is 16.8 Å². The molecule has 4 rings (SSSR count). The molecule has 2 N–H and O–H groups in total. The van der Waals surface area contributed by atoms with E-state index in [1.807, 2.05) is 30.5 Å². The van der Waals surface area contributed by atoms with Gasteiger partial charge in [-0.2, -0.15) is 4.98 Å². The number of aromatic nitrogens is 3. The van der Waals surface area contributed by atoms with Gasteiger partial charge in [-0.05, 0) is 42.8 Å². The molecule has 0 bridgehead atoms. The first kappa shape index (κ1) is 17.0. The van der Waals surface area contributed by atoms with Crippen LogP contribution in [-0.2, 0) is 11.2 Å². The third-order valence-corrected chi connectivity index (χ3v) is 4.32. The zero-order valence-corrected chi connectivity index (χ0v) is 14.6. The van der Waals surface area contributed by atoms with Crippen LogP contribution in [0.4, 0.5) is 4.39 Å². The van der Waals surface area contributed by atoms with Gasteiger partial charge >= 0.3 is 0 Å². The van der Waals surface area contributed by atoms with Crippen LogP contribution in [0.25, 0.3) is 22.3 Å². The molecular formula is C20H17FN4O2. The molecular weight excluding hydrogens is 347 g/mol. The van der Waals surface area contributed by atoms with E-state index in [9.17, 15) is 9.18 Å². The van der Waals surface area contributed by atoms with E-state index in [1.165, 1.54) is 12.1 Å². The van der Waals surface area contributed by atoms with Crippen LogP contribution in [0.2, 0.25) is 0 Å². The maximum absolute atomic E-state index is 13.0. The van der Waals surface area contributed by atoms with Crippen molar-refractivity contribution in [1.29, 1.82) is 0 Å². The van der Waals surface area contributed by atoms with E-state index in [4.69, 9.17) is 4.52 Å². The minimum absolute atomic E-state index is 0.145. The van der Waals surface area contributed by atoms with Gasteiger partial charge in [-0.15, -0.1) is 0 Å². The molecule has 0 radical (unpaired) electrons. The Labute approximate surface area is 154 Å². The van der Waals surface area contributed by atoms with Crippen molar-refractivity contribution in [3.8, 4) is 11.4 Å². The van der Waals surface area contributed by atoms with Crippen LogP contribution >= 0.6 is 0 Å². The fourth-order valence-corrected chi connectivity index (χ4v) is 2.93. The lowest BCUT2D eigenvalue weighted by molar-refractivity contribution is -0.121. The highest BCUT2D eigenvalue weighted by atomic mass is 19.1. The molecule has 0 fully saturated rings. The van der Waals surface area contributed by atoms with E-state index in [0.717, 1.165) is 16.5 Å². The number of H-pyrrole nitrogens is 1. The third-order valence-electron chi connectivity index (χ3n) is 4.32. The molecule has 0 aliphatic rings. The van der Waals surface area contributed by atoms with Crippen molar-refractivity contribution in [2.45, 2.75) is 19.4 Å². The largest absolute Gasteiger partial charge is 0.361 e. The van der Waals surface area contributed by atoms with Crippen molar-refractivity contribution in [3.63, 3.8) is 0 Å². The van der Waals surface area contributed by atoms with E-state index < -0.39 is 6.04 Å². The molecule has 0 spiro atoms. The number of hydrogen-bond donors (Lipinski definition) is 2. The summed E-state index contributed by atoms with van der Waals surface area (Å²) < 4.78 is 18.3. The summed E-state index contributed by atoms with van der Waals surface area (Å²) >= 11 is 0. The van der Waals surface area contributed by atoms with Gasteiger partial charge in [-0.25, -0.2) is 4.39 Å². The van der Waals surface area contributed by atoms with Crippen molar-refractivity contribution in [2.24, 2.45) is 0 Å². The maximum atomic E-state index is 13.0. The first-order valence-electron chi connectivity index (χ1n) is 8.54. The molecule has 6 nitrogen and oxygen atoms in total. The topological polar surface area (TPSA) is 83.8 Å². The van der Waals surface area contributed by atoms with Crippen LogP contribution in [0.1, 0.15) is 24.4 Å². The number of rotatable bonds is 5. The quantitative estimate of drug-likeness (QED) is 0.564. The van der Waals surface area contributed by atoms with Gasteiger partial charge in [0, 0.05) is 22.7 Å². The number of benzene rings is 2. The number of aromatic amines is 1. The van der Waals surface area contributed by atoms with Crippen LogP contribution in [-0.4, -0.2) is 21.0 Å². The standard InChI is InChI=1S/C20H17FN4O2/c1-12(20-24-19(25-27-20)13-6-8-15(21)9-7-13)23-18(26)10-14-11-22-17-5-3-2-4-16(14)17/h2-9,11-12,22H,10H2,1H3,(H,23,26)/t12-/m1/s1. The van der Waals surface area contributed by atoms with Gasteiger partial charge in [0.2, 0.25) is 17.6 Å². The van der Waals surface area contributed by atoms with Crippen LogP contribution in [0.5, 0.6) is 0 Å². The zero-order valence-electron chi connectivity index (χ0n) is 14.6. The molecule has 1 amide bonds. The number of nitrogens with one attached hydrogen (secondary N) is 2. The summed E-state index contributed by atoms with van der Waals surface area (Å²) in [4.78, 5) is 19.8. The Balaban J connectivity index is 1.43. The summed E-state index contributed by atoms with van der Waals surface area (Å²) in [5, 5.41) is 7.78. The molecule has 0 saturated heterocycles. The van der Waals surface area contributed by atoms with Gasteiger partial charge in [-0.1, -0.05) is 23.4 Å². The Bertz CT molecular complexity index is 1080. The summed E-state index contributed by atoms with van der Waals surface area (Å²) in [6, 6.07) is 13.2. The predicted molar refractivity (Wildman–Crippen MR) is 98.3 cm³/mol. The van der Waals surface area contributed by atoms with Gasteiger partial charge in [0.15, 0.2) is 0 Å². The van der Waals surface area contributed by atoms with Crippen LogP contribution in [0.15, 0.2) is 59.3 Å². The zero-order chi connectivity index (χ0) is 18.8. The molecule has 0 saturated carbocycles. The molecule has 0 unspecified atom stereocenters. The van der Waals surface area contributed by atoms with E-state index in [2.05, 4.69) is 20.4 Å². The van der Waals surface area contributed by atoms with Gasteiger partial charge < -0.3 is 14.8 Å². The average molecular weight is 364 g/mol. The smallest absolute Gasteiger partial charge is 0.249 e. The molecule has 136 valence electrons. The van der Waals surface area contributed by atoms with Gasteiger partial charge in [0.1, 0.15) is 11.9 Å². The van der Waals surface area contributed by atoms with Crippen molar-refractivity contribution in [2.75, 3.05) is 0 Å². The monoisotopic (exact) mass is 364 g/mol. The highest BCUT2D eigenvalue weighted by Gasteiger charge is 2.18. The number of fused-ring (bicyclic) bond motifs is 1. The Morgan fingerprint density at radius 2 is 2.00 bits per heavy atom. The second-order valence-corrected chi connectivity index (χ2v) is 6.29. The minimum atomic E-state index is -0.440. The number of carbonyl (C=O) groups is 1. The van der Waals surface area contributed by atoms with Crippen molar-refractivity contribution in [3.05, 3.63) is 72.0 Å². The molecule has 27 heavy (non-hydrogen) atoms. The lowest BCUT2D eigenvalue weighted by atomic mass is 10.1. The molecule has 0 aliphatic heterocycles. The minimum Gasteiger partial charge on any atom is -0.361 e. The Morgan fingerprint density at radius 3 is 2.81 bits per heavy atom. The fraction of sp³-hybridized carbons (Fsp3) is 0.150. The Hall–Kier alpha value is -3.48. The second-order valence-electron chi connectivity index (χ2n) is 6.29. The summed E-state index contributed by atoms with van der Waals surface area (Å²) in [7, 11) is 0. The first-order chi connectivity index (χ1) is 13.1. The Kier molecular flexibility index (Phi) is 4.42. The summed E-state index contributed by atoms with van der Waals surface area (Å²) in [6.45, 7) is 1.77. The highest BCUT2D eigenvalue weighted by molar-refractivity contribution is 5.88. The van der Waals surface area contributed by atoms with E-state index in [-0.39, 0.29) is 18.1 Å². The SMILES string of the molecule is C[C@@H](NC(=O)Cc1c[nH]c2ccccc12)c1nc(-c2ccc(F)cc2)no1. The Morgan fingerprint density at radius 1 is 1.22 bits per heavy atom. The lowest BCUT2D eigenvalue weighted by Crippen LogP contribution is -2.28. The molecule has 7 heteroatoms.